The molecule has 0 radical (unpaired) electrons. The zero-order valence-corrected chi connectivity index (χ0v) is 78.3. The molecule has 9 aromatic carbocycles. The number of aromatic nitrogens is 6. The van der Waals surface area contributed by atoms with Crippen LogP contribution in [0, 0.1) is 126 Å². The van der Waals surface area contributed by atoms with E-state index in [-0.39, 0.29) is 56.0 Å². The van der Waals surface area contributed by atoms with E-state index in [4.69, 9.17) is 144 Å². The number of anilines is 10. The Labute approximate surface area is 771 Å². The van der Waals surface area contributed by atoms with Gasteiger partial charge in [0.05, 0.1) is 129 Å². The Balaban J connectivity index is 0.000000205. The van der Waals surface area contributed by atoms with Crippen molar-refractivity contribution < 1.29 is 14.5 Å². The highest BCUT2D eigenvalue weighted by Crippen LogP contribution is 2.38. The SMILES string of the molecule is CC(=O)C(C)(C)c1ccc(C)c(N)c1C#N.CC(=O)C(C)C.Cc1[nH]c(=O)c2c(N)c(N)ccc2c1C.Cc1[nH]c(=O)c2c(N)c(NC(=S)Nc3c(Cl)cccc3Cl)ccc2c1C.Cc1[nH]c(=O)c2c(N)c([N+](=O)[O-])ccc2c1C.Cc1[nH]c(=O)c2c(ccc3[nH]c(Nc4c(Cl)cccc4Cl)nc32)c1C.Cc1ccc(Cl)c(C#N)c1Cl.Cc1ccc(Cl)c(C#N)c1N. The number of pyridine rings is 4. The standard InChI is InChI=1S/C18H16Cl2N4OS.C18H14Cl2N4O.C13H16N2O.C11H11N3O3.C11H13N3O.C8H5Cl2N.C8H7ClN2.C5H10O/c1-8-9(2)22-17(25)14-10(8)6-7-13(15(14)21)23-18(26)24-16-11(19)4-3-5-12(16)20;1-8-9(2)21-17(25)14-10(8)6-7-13-16(14)24-18(22-13)23-15-11(19)4-3-5-12(15)20;1-8-5-6-11(10(7-14)12(8)15)13(3,4)9(2)16;1-5-6(2)13-11(15)9-7(5)3-4-8(10(9)12)14(16)17;1-5-6(2)14-11(15)9-7(5)3-4-8(12)10(9)13;1-5-2-3-7(9)6(4-11)8(5)10;1-5-2-3-7(9)6(4-10)8(5)11;1-4(2)5(3)6/h3-7H,21H2,1-2H3,(H,22,25)(H2,23,24,26);3-7H,1-2H3,(H,21,25)(H2,22,23,24);5-6H,15H2,1-4H3;3-4H,12H2,1-2H3,(H,13,15);3-4H,12-13H2,1-2H3,(H,14,15);2-3H,1H3;2-3H,11H2,1H3;4H,1-3H3. The Kier molecular flexibility index (Phi) is 34.3. The number of rotatable bonds is 8. The second-order valence-electron chi connectivity index (χ2n) is 30.0. The molecule has 35 heteroatoms. The van der Waals surface area contributed by atoms with E-state index in [1.54, 1.807) is 107 Å². The minimum Gasteiger partial charge on any atom is -0.397 e. The second kappa shape index (κ2) is 43.1. The molecule has 658 valence electrons. The Hall–Kier alpha value is -13.2. The Morgan fingerprint density at radius 1 is 0.472 bits per heavy atom. The first kappa shape index (κ1) is 101. The number of imidazole rings is 1. The van der Waals surface area contributed by atoms with Crippen LogP contribution >= 0.6 is 93.4 Å². The summed E-state index contributed by atoms with van der Waals surface area (Å²) in [5.74, 6) is 0.961. The average molecular weight is 1870 g/mol. The molecular formula is C92H92Cl7N19O8S. The van der Waals surface area contributed by atoms with Crippen LogP contribution in [0.1, 0.15) is 126 Å². The molecule has 5 heterocycles. The number of nitro groups is 1. The largest absolute Gasteiger partial charge is 0.397 e. The molecule has 0 fully saturated rings. The van der Waals surface area contributed by atoms with Gasteiger partial charge in [-0.15, -0.1) is 0 Å². The lowest BCUT2D eigenvalue weighted by molar-refractivity contribution is -0.383. The zero-order chi connectivity index (χ0) is 95.1. The van der Waals surface area contributed by atoms with Gasteiger partial charge in [0.2, 0.25) is 5.95 Å². The molecule has 14 aromatic rings. The monoisotopic (exact) mass is 1870 g/mol. The number of para-hydroxylation sites is 2. The lowest BCUT2D eigenvalue weighted by atomic mass is 9.78. The maximum absolute atomic E-state index is 12.5. The predicted octanol–water partition coefficient (Wildman–Crippen LogP) is 21.7. The number of hydrogen-bond donors (Lipinski definition) is 14. The van der Waals surface area contributed by atoms with Crippen LogP contribution in [0.4, 0.5) is 62.8 Å². The summed E-state index contributed by atoms with van der Waals surface area (Å²) in [4.78, 5) is 99.0. The van der Waals surface area contributed by atoms with Crippen molar-refractivity contribution in [1.82, 2.24) is 29.9 Å². The van der Waals surface area contributed by atoms with E-state index >= 15 is 0 Å². The van der Waals surface area contributed by atoms with Crippen molar-refractivity contribution in [1.29, 1.82) is 15.8 Å². The van der Waals surface area contributed by atoms with E-state index in [0.717, 1.165) is 83.4 Å². The van der Waals surface area contributed by atoms with Gasteiger partial charge < -0.3 is 75.3 Å². The smallest absolute Gasteiger partial charge is 0.292 e. The maximum atomic E-state index is 12.5. The number of nitriles is 3. The highest BCUT2D eigenvalue weighted by atomic mass is 35.5. The second-order valence-corrected chi connectivity index (χ2v) is 33.2. The van der Waals surface area contributed by atoms with Crippen molar-refractivity contribution in [3.8, 4) is 18.2 Å². The molecule has 14 rings (SSSR count). The molecule has 0 aliphatic carbocycles. The summed E-state index contributed by atoms with van der Waals surface area (Å²) in [7, 11) is 0. The number of thiocarbonyl (C=S) groups is 1. The normalized spacial score (nSPS) is 10.6. The van der Waals surface area contributed by atoms with E-state index in [0.29, 0.717) is 136 Å². The number of halogens is 7. The Bertz CT molecular complexity index is 7010. The van der Waals surface area contributed by atoms with E-state index in [9.17, 15) is 38.9 Å². The molecule has 0 unspecified atom stereocenters. The molecule has 27 nitrogen and oxygen atoms in total. The number of H-pyrrole nitrogens is 5. The zero-order valence-electron chi connectivity index (χ0n) is 72.1. The number of nitrogens with two attached hydrogens (primary N) is 6. The highest BCUT2D eigenvalue weighted by Gasteiger charge is 2.30. The summed E-state index contributed by atoms with van der Waals surface area (Å²) in [5, 5.41) is 54.4. The number of Topliss-reactive ketones (excluding diaryl/α,β-unsaturated/α-hetero) is 2. The fraction of sp³-hybridized carbons (Fsp3) is 0.207. The van der Waals surface area contributed by atoms with Gasteiger partial charge in [0.1, 0.15) is 41.0 Å². The molecule has 0 spiro atoms. The fourth-order valence-electron chi connectivity index (χ4n) is 12.3. The van der Waals surface area contributed by atoms with Crippen molar-refractivity contribution in [3.63, 3.8) is 0 Å². The van der Waals surface area contributed by atoms with Crippen molar-refractivity contribution in [2.24, 2.45) is 5.92 Å². The number of carbonyl (C=O) groups is 2. The van der Waals surface area contributed by atoms with Gasteiger partial charge in [0.15, 0.2) is 5.11 Å². The van der Waals surface area contributed by atoms with E-state index < -0.39 is 15.9 Å². The third-order valence-corrected chi connectivity index (χ3v) is 23.7. The topological polar surface area (TPSA) is 501 Å². The molecular weight excluding hydrogens is 1780 g/mol. The summed E-state index contributed by atoms with van der Waals surface area (Å²) in [6, 6.07) is 40.8. The average Bonchev–Trinajstić information content (AvgIpc) is 1.73. The van der Waals surface area contributed by atoms with Gasteiger partial charge in [-0.3, -0.25) is 38.9 Å². The molecule has 20 N–H and O–H groups in total. The molecule has 0 amide bonds. The number of carbonyl (C=O) groups excluding carboxylic acids is 2. The molecule has 0 saturated carbocycles. The summed E-state index contributed by atoms with van der Waals surface area (Å²) in [6.07, 6.45) is 0. The quantitative estimate of drug-likeness (QED) is 0.0291. The first-order chi connectivity index (χ1) is 59.5. The number of nitrogen functional groups attached to an aromatic ring is 6. The minimum atomic E-state index is -0.674. The lowest BCUT2D eigenvalue weighted by Gasteiger charge is -2.24. The first-order valence-corrected chi connectivity index (χ1v) is 41.6. The molecule has 0 aliphatic heterocycles. The maximum Gasteiger partial charge on any atom is 0.292 e. The van der Waals surface area contributed by atoms with Gasteiger partial charge in [-0.05, 0) is 243 Å². The van der Waals surface area contributed by atoms with Crippen LogP contribution in [-0.2, 0) is 15.0 Å². The van der Waals surface area contributed by atoms with Crippen LogP contribution in [0.2, 0.25) is 35.2 Å². The van der Waals surface area contributed by atoms with E-state index in [1.165, 1.54) is 13.0 Å². The molecule has 0 aliphatic rings. The number of benzene rings is 9. The third kappa shape index (κ3) is 23.3. The number of ketones is 2. The van der Waals surface area contributed by atoms with E-state index in [2.05, 4.69) is 51.9 Å². The Morgan fingerprint density at radius 3 is 1.29 bits per heavy atom. The fourth-order valence-corrected chi connectivity index (χ4v) is 14.2. The summed E-state index contributed by atoms with van der Waals surface area (Å²) >= 11 is 47.2. The summed E-state index contributed by atoms with van der Waals surface area (Å²) in [5.41, 5.74) is 49.4. The van der Waals surface area contributed by atoms with Crippen LogP contribution in [-0.4, -0.2) is 51.5 Å². The Morgan fingerprint density at radius 2 is 0.858 bits per heavy atom. The highest BCUT2D eigenvalue weighted by molar-refractivity contribution is 7.80. The van der Waals surface area contributed by atoms with Crippen LogP contribution < -0.4 is 72.6 Å². The third-order valence-electron chi connectivity index (χ3n) is 21.1. The molecule has 0 saturated heterocycles. The predicted molar refractivity (Wildman–Crippen MR) is 527 cm³/mol. The minimum absolute atomic E-state index is 0.0206. The van der Waals surface area contributed by atoms with Crippen molar-refractivity contribution in [2.75, 3.05) is 50.4 Å². The van der Waals surface area contributed by atoms with Gasteiger partial charge >= 0.3 is 0 Å². The van der Waals surface area contributed by atoms with Crippen molar-refractivity contribution in [2.45, 2.75) is 123 Å². The molecule has 5 aromatic heterocycles. The number of aryl methyl sites for hydroxylation is 11. The summed E-state index contributed by atoms with van der Waals surface area (Å²) < 4.78 is 0. The van der Waals surface area contributed by atoms with Crippen molar-refractivity contribution in [3.05, 3.63) is 292 Å². The lowest BCUT2D eigenvalue weighted by Crippen LogP contribution is -2.28. The van der Waals surface area contributed by atoms with Gasteiger partial charge in [-0.2, -0.15) is 15.8 Å². The van der Waals surface area contributed by atoms with Gasteiger partial charge in [-0.25, -0.2) is 4.98 Å². The molecule has 0 bridgehead atoms. The number of nitrogens with one attached hydrogen (secondary N) is 8. The number of hydrogen-bond acceptors (Lipinski definition) is 20. The molecule has 127 heavy (non-hydrogen) atoms. The van der Waals surface area contributed by atoms with Crippen LogP contribution in [0.5, 0.6) is 0 Å². The van der Waals surface area contributed by atoms with Gasteiger partial charge in [0, 0.05) is 40.2 Å². The first-order valence-electron chi connectivity index (χ1n) is 38.5. The van der Waals surface area contributed by atoms with Crippen LogP contribution in [0.15, 0.2) is 141 Å². The van der Waals surface area contributed by atoms with Gasteiger partial charge in [0.25, 0.3) is 27.9 Å². The number of fused-ring (bicyclic) bond motifs is 6. The van der Waals surface area contributed by atoms with Crippen LogP contribution in [0.3, 0.4) is 0 Å². The number of aromatic amines is 5. The number of nitro benzene ring substituents is 1. The van der Waals surface area contributed by atoms with Crippen molar-refractivity contribution >= 4 is 227 Å². The van der Waals surface area contributed by atoms with E-state index in [1.807, 2.05) is 132 Å². The van der Waals surface area contributed by atoms with Crippen LogP contribution in [0.25, 0.3) is 54.1 Å². The number of nitrogens with zero attached hydrogens (tertiary/aromatic N) is 5. The molecule has 0 atom stereocenters. The summed E-state index contributed by atoms with van der Waals surface area (Å²) in [6.45, 7) is 31.1. The van der Waals surface area contributed by atoms with Gasteiger partial charge in [-0.1, -0.05) is 150 Å².